The summed E-state index contributed by atoms with van der Waals surface area (Å²) < 4.78 is 11.6. The highest BCUT2D eigenvalue weighted by Crippen LogP contribution is 2.41. The monoisotopic (exact) mass is 611 g/mol. The molecule has 4 aromatic rings. The summed E-state index contributed by atoms with van der Waals surface area (Å²) in [6.45, 7) is 0.556. The molecule has 1 heterocycles. The van der Waals surface area contributed by atoms with E-state index in [1.807, 2.05) is 12.1 Å². The Bertz CT molecular complexity index is 1560. The van der Waals surface area contributed by atoms with Crippen LogP contribution in [0.25, 0.3) is 0 Å². The molecular formula is C31H24Cl3NO6. The third-order valence-electron chi connectivity index (χ3n) is 6.49. The number of fused-ring (bicyclic) bond motifs is 1. The molecule has 0 radical (unpaired) electrons. The fourth-order valence-electron chi connectivity index (χ4n) is 4.38. The quantitative estimate of drug-likeness (QED) is 0.192. The van der Waals surface area contributed by atoms with E-state index in [4.69, 9.17) is 49.1 Å². The van der Waals surface area contributed by atoms with Crippen LogP contribution in [0.1, 0.15) is 33.8 Å². The van der Waals surface area contributed by atoms with Gasteiger partial charge in [0.15, 0.2) is 5.75 Å². The lowest BCUT2D eigenvalue weighted by Gasteiger charge is -2.24. The van der Waals surface area contributed by atoms with E-state index in [0.717, 1.165) is 5.56 Å². The average Bonchev–Trinajstić information content (AvgIpc) is 2.96. The van der Waals surface area contributed by atoms with E-state index >= 15 is 0 Å². The van der Waals surface area contributed by atoms with Crippen LogP contribution in [-0.4, -0.2) is 35.2 Å². The summed E-state index contributed by atoms with van der Waals surface area (Å²) in [5, 5.41) is 12.2. The number of carboxylic acid groups (broad SMARTS) is 1. The van der Waals surface area contributed by atoms with Crippen LogP contribution >= 0.6 is 34.8 Å². The van der Waals surface area contributed by atoms with Crippen LogP contribution in [0.15, 0.2) is 84.9 Å². The Labute approximate surface area is 251 Å². The second-order valence-corrected chi connectivity index (χ2v) is 10.6. The summed E-state index contributed by atoms with van der Waals surface area (Å²) in [5.74, 6) is -0.388. The maximum Gasteiger partial charge on any atom is 0.311 e. The molecular weight excluding hydrogens is 589 g/mol. The SMILES string of the molecule is O=C(O)C1CCOc2cc(Oc3ccc(C(=O)N(CCc4ccc(Cl)cc4)Oc4cccc(Cl)c4)cc3)c(Cl)cc21. The molecule has 0 spiro atoms. The van der Waals surface area contributed by atoms with E-state index in [1.165, 1.54) is 5.06 Å². The molecule has 1 aliphatic rings. The minimum Gasteiger partial charge on any atom is -0.493 e. The highest BCUT2D eigenvalue weighted by molar-refractivity contribution is 6.32. The molecule has 41 heavy (non-hydrogen) atoms. The Morgan fingerprint density at radius 2 is 1.66 bits per heavy atom. The van der Waals surface area contributed by atoms with Gasteiger partial charge in [0, 0.05) is 33.3 Å². The number of carbonyl (C=O) groups excluding carboxylic acids is 1. The topological polar surface area (TPSA) is 85.3 Å². The normalized spacial score (nSPS) is 14.0. The summed E-state index contributed by atoms with van der Waals surface area (Å²) in [6.07, 6.45) is 0.901. The predicted octanol–water partition coefficient (Wildman–Crippen LogP) is 8.07. The molecule has 1 amide bonds. The number of hydrogen-bond donors (Lipinski definition) is 1. The van der Waals surface area contributed by atoms with Crippen LogP contribution in [0.5, 0.6) is 23.0 Å². The van der Waals surface area contributed by atoms with Crippen molar-refractivity contribution in [3.8, 4) is 23.0 Å². The summed E-state index contributed by atoms with van der Waals surface area (Å²) in [5.41, 5.74) is 1.88. The Balaban J connectivity index is 1.32. The maximum absolute atomic E-state index is 13.5. The molecule has 5 rings (SSSR count). The van der Waals surface area contributed by atoms with Crippen LogP contribution in [0, 0.1) is 0 Å². The molecule has 1 atom stereocenters. The number of rotatable bonds is 9. The Kier molecular flexibility index (Phi) is 8.88. The first-order valence-corrected chi connectivity index (χ1v) is 13.9. The van der Waals surface area contributed by atoms with Crippen molar-refractivity contribution in [2.24, 2.45) is 0 Å². The minimum absolute atomic E-state index is 0.254. The van der Waals surface area contributed by atoms with Crippen molar-refractivity contribution in [3.05, 3.63) is 117 Å². The van der Waals surface area contributed by atoms with E-state index in [2.05, 4.69) is 0 Å². The smallest absolute Gasteiger partial charge is 0.311 e. The number of carboxylic acids is 1. The molecule has 0 saturated carbocycles. The van der Waals surface area contributed by atoms with Gasteiger partial charge in [-0.1, -0.05) is 53.0 Å². The van der Waals surface area contributed by atoms with Crippen molar-refractivity contribution in [2.45, 2.75) is 18.8 Å². The number of carbonyl (C=O) groups is 2. The summed E-state index contributed by atoms with van der Waals surface area (Å²) in [4.78, 5) is 31.0. The second kappa shape index (κ2) is 12.7. The zero-order valence-electron chi connectivity index (χ0n) is 21.6. The van der Waals surface area contributed by atoms with Crippen molar-refractivity contribution < 1.29 is 29.0 Å². The van der Waals surface area contributed by atoms with Gasteiger partial charge in [0.2, 0.25) is 0 Å². The van der Waals surface area contributed by atoms with Gasteiger partial charge >= 0.3 is 5.97 Å². The number of halogens is 3. The lowest BCUT2D eigenvalue weighted by atomic mass is 9.93. The molecule has 10 heteroatoms. The number of benzene rings is 4. The molecule has 1 unspecified atom stereocenters. The summed E-state index contributed by atoms with van der Waals surface area (Å²) >= 11 is 18.5. The van der Waals surface area contributed by atoms with Gasteiger partial charge in [-0.05, 0) is 73.0 Å². The van der Waals surface area contributed by atoms with Crippen molar-refractivity contribution in [2.75, 3.05) is 13.2 Å². The average molecular weight is 613 g/mol. The standard InChI is InChI=1S/C31H24Cl3NO6/c32-21-8-4-19(5-9-21)12-14-35(41-24-3-1-2-22(33)16-24)30(36)20-6-10-23(11-7-20)40-29-18-28-26(17-27(29)34)25(31(37)38)13-15-39-28/h1-11,16-18,25H,12-15H2,(H,37,38). The molecule has 1 aliphatic heterocycles. The molecule has 0 bridgehead atoms. The first-order chi connectivity index (χ1) is 19.8. The van der Waals surface area contributed by atoms with E-state index in [-0.39, 0.29) is 24.1 Å². The molecule has 4 aromatic carbocycles. The number of hydroxylamine groups is 2. The van der Waals surface area contributed by atoms with Crippen molar-refractivity contribution in [1.29, 1.82) is 0 Å². The predicted molar refractivity (Wildman–Crippen MR) is 157 cm³/mol. The maximum atomic E-state index is 13.5. The number of aliphatic carboxylic acids is 1. The van der Waals surface area contributed by atoms with Crippen molar-refractivity contribution in [3.63, 3.8) is 0 Å². The molecule has 7 nitrogen and oxygen atoms in total. The van der Waals surface area contributed by atoms with Gasteiger partial charge in [-0.2, -0.15) is 5.06 Å². The number of nitrogens with zero attached hydrogens (tertiary/aromatic N) is 1. The molecule has 0 saturated heterocycles. The molecule has 210 valence electrons. The first kappa shape index (κ1) is 28.6. The largest absolute Gasteiger partial charge is 0.493 e. The van der Waals surface area contributed by atoms with Gasteiger partial charge in [0.25, 0.3) is 5.91 Å². The Morgan fingerprint density at radius 3 is 2.37 bits per heavy atom. The van der Waals surface area contributed by atoms with Gasteiger partial charge in [0.1, 0.15) is 17.2 Å². The van der Waals surface area contributed by atoms with Crippen LogP contribution < -0.4 is 14.3 Å². The van der Waals surface area contributed by atoms with E-state index in [1.54, 1.807) is 72.8 Å². The fourth-order valence-corrected chi connectivity index (χ4v) is 4.90. The van der Waals surface area contributed by atoms with Gasteiger partial charge in [-0.15, -0.1) is 0 Å². The Hall–Kier alpha value is -3.91. The summed E-state index contributed by atoms with van der Waals surface area (Å²) in [6, 6.07) is 23.9. The van der Waals surface area contributed by atoms with Crippen molar-refractivity contribution >= 4 is 46.7 Å². The lowest BCUT2D eigenvalue weighted by molar-refractivity contribution is -0.139. The third-order valence-corrected chi connectivity index (χ3v) is 7.27. The number of ether oxygens (including phenoxy) is 2. The van der Waals surface area contributed by atoms with Crippen LogP contribution in [0.4, 0.5) is 0 Å². The number of hydrogen-bond acceptors (Lipinski definition) is 5. The molecule has 0 fully saturated rings. The van der Waals surface area contributed by atoms with E-state index < -0.39 is 11.9 Å². The highest BCUT2D eigenvalue weighted by Gasteiger charge is 2.29. The lowest BCUT2D eigenvalue weighted by Crippen LogP contribution is -2.36. The minimum atomic E-state index is -0.930. The molecule has 0 aliphatic carbocycles. The fraction of sp³-hybridized carbons (Fsp3) is 0.161. The highest BCUT2D eigenvalue weighted by atomic mass is 35.5. The second-order valence-electron chi connectivity index (χ2n) is 9.31. The Morgan fingerprint density at radius 1 is 0.902 bits per heavy atom. The van der Waals surface area contributed by atoms with Crippen molar-refractivity contribution in [1.82, 2.24) is 5.06 Å². The summed E-state index contributed by atoms with van der Waals surface area (Å²) in [7, 11) is 0. The van der Waals surface area contributed by atoms with E-state index in [0.29, 0.717) is 57.0 Å². The van der Waals surface area contributed by atoms with Gasteiger partial charge in [-0.25, -0.2) is 0 Å². The van der Waals surface area contributed by atoms with Crippen LogP contribution in [0.2, 0.25) is 15.1 Å². The van der Waals surface area contributed by atoms with Crippen LogP contribution in [0.3, 0.4) is 0 Å². The van der Waals surface area contributed by atoms with Gasteiger partial charge in [0.05, 0.1) is 24.1 Å². The van der Waals surface area contributed by atoms with Crippen LogP contribution in [-0.2, 0) is 11.2 Å². The first-order valence-electron chi connectivity index (χ1n) is 12.7. The third kappa shape index (κ3) is 7.06. The zero-order valence-corrected chi connectivity index (χ0v) is 23.8. The zero-order chi connectivity index (χ0) is 28.9. The van der Waals surface area contributed by atoms with Gasteiger partial charge < -0.3 is 19.4 Å². The number of amides is 1. The van der Waals surface area contributed by atoms with E-state index in [9.17, 15) is 14.7 Å². The molecule has 0 aromatic heterocycles. The molecule has 1 N–H and O–H groups in total. The van der Waals surface area contributed by atoms with Gasteiger partial charge in [-0.3, -0.25) is 9.59 Å².